The van der Waals surface area contributed by atoms with E-state index in [4.69, 9.17) is 0 Å². The summed E-state index contributed by atoms with van der Waals surface area (Å²) in [6.45, 7) is 4.14. The molecule has 1 rings (SSSR count). The fourth-order valence-corrected chi connectivity index (χ4v) is 1.38. The molecule has 0 N–H and O–H groups in total. The van der Waals surface area contributed by atoms with Crippen LogP contribution in [0.4, 0.5) is 0 Å². The van der Waals surface area contributed by atoms with Crippen molar-refractivity contribution < 1.29 is 4.79 Å². The summed E-state index contributed by atoms with van der Waals surface area (Å²) in [5.41, 5.74) is 0.465. The van der Waals surface area contributed by atoms with Crippen LogP contribution in [0.5, 0.6) is 0 Å². The molecule has 0 aromatic heterocycles. The molecule has 0 radical (unpaired) electrons. The quantitative estimate of drug-likeness (QED) is 0.586. The predicted octanol–water partition coefficient (Wildman–Crippen LogP) is 2.55. The van der Waals surface area contributed by atoms with Crippen LogP contribution in [-0.2, 0) is 4.79 Å². The molecule has 0 spiro atoms. The molecule has 1 saturated carbocycles. The highest BCUT2D eigenvalue weighted by Gasteiger charge is 2.41. The van der Waals surface area contributed by atoms with Crippen molar-refractivity contribution in [3.8, 4) is 0 Å². The van der Waals surface area contributed by atoms with Crippen molar-refractivity contribution >= 4 is 5.78 Å². The van der Waals surface area contributed by atoms with Gasteiger partial charge in [0.25, 0.3) is 0 Å². The molecule has 0 atom stereocenters. The standard InChI is InChI=1S/C9H16O/c1-3-8(10)7-9(4-2)5-6-9/h3-7H2,1-2H3. The number of ketones is 1. The highest BCUT2D eigenvalue weighted by molar-refractivity contribution is 5.79. The van der Waals surface area contributed by atoms with Gasteiger partial charge in [-0.3, -0.25) is 4.79 Å². The van der Waals surface area contributed by atoms with Gasteiger partial charge in [0, 0.05) is 12.8 Å². The van der Waals surface area contributed by atoms with E-state index in [1.165, 1.54) is 19.3 Å². The number of hydrogen-bond acceptors (Lipinski definition) is 1. The molecule has 0 saturated heterocycles. The molecule has 1 heteroatoms. The van der Waals surface area contributed by atoms with Gasteiger partial charge in [-0.25, -0.2) is 0 Å². The zero-order valence-corrected chi connectivity index (χ0v) is 6.94. The first kappa shape index (κ1) is 7.77. The third kappa shape index (κ3) is 1.59. The van der Waals surface area contributed by atoms with Crippen molar-refractivity contribution in [2.45, 2.75) is 46.0 Å². The Kier molecular flexibility index (Phi) is 2.12. The van der Waals surface area contributed by atoms with Gasteiger partial charge in [0.05, 0.1) is 0 Å². The largest absolute Gasteiger partial charge is 0.300 e. The van der Waals surface area contributed by atoms with Crippen LogP contribution in [0.15, 0.2) is 0 Å². The molecule has 58 valence electrons. The molecular formula is C9H16O. The third-order valence-electron chi connectivity index (χ3n) is 2.67. The molecule has 1 fully saturated rings. The van der Waals surface area contributed by atoms with Crippen LogP contribution in [0, 0.1) is 5.41 Å². The average molecular weight is 140 g/mol. The van der Waals surface area contributed by atoms with E-state index >= 15 is 0 Å². The van der Waals surface area contributed by atoms with E-state index in [9.17, 15) is 4.79 Å². The summed E-state index contributed by atoms with van der Waals surface area (Å²) in [7, 11) is 0. The Morgan fingerprint density at radius 3 is 2.30 bits per heavy atom. The Hall–Kier alpha value is -0.330. The van der Waals surface area contributed by atoms with Crippen molar-refractivity contribution in [1.29, 1.82) is 0 Å². The van der Waals surface area contributed by atoms with E-state index in [1.54, 1.807) is 0 Å². The number of rotatable bonds is 4. The van der Waals surface area contributed by atoms with Crippen molar-refractivity contribution in [2.75, 3.05) is 0 Å². The molecule has 0 aromatic carbocycles. The Labute approximate surface area is 62.8 Å². The van der Waals surface area contributed by atoms with Crippen molar-refractivity contribution in [2.24, 2.45) is 5.41 Å². The van der Waals surface area contributed by atoms with E-state index in [-0.39, 0.29) is 0 Å². The van der Waals surface area contributed by atoms with E-state index in [1.807, 2.05) is 6.92 Å². The van der Waals surface area contributed by atoms with Crippen LogP contribution in [-0.4, -0.2) is 5.78 Å². The van der Waals surface area contributed by atoms with Crippen LogP contribution in [0.2, 0.25) is 0 Å². The third-order valence-corrected chi connectivity index (χ3v) is 2.67. The highest BCUT2D eigenvalue weighted by atomic mass is 16.1. The SMILES string of the molecule is CCC(=O)CC1(CC)CC1. The molecule has 10 heavy (non-hydrogen) atoms. The molecule has 1 nitrogen and oxygen atoms in total. The van der Waals surface area contributed by atoms with E-state index < -0.39 is 0 Å². The second kappa shape index (κ2) is 2.73. The summed E-state index contributed by atoms with van der Waals surface area (Å²) in [5, 5.41) is 0. The Balaban J connectivity index is 2.30. The van der Waals surface area contributed by atoms with Crippen molar-refractivity contribution in [1.82, 2.24) is 0 Å². The van der Waals surface area contributed by atoms with E-state index in [2.05, 4.69) is 6.92 Å². The molecule has 0 bridgehead atoms. The maximum Gasteiger partial charge on any atom is 0.133 e. The second-order valence-corrected chi connectivity index (χ2v) is 3.42. The van der Waals surface area contributed by atoms with Crippen LogP contribution in [0.25, 0.3) is 0 Å². The molecule has 0 amide bonds. The minimum Gasteiger partial charge on any atom is -0.300 e. The monoisotopic (exact) mass is 140 g/mol. The van der Waals surface area contributed by atoms with Gasteiger partial charge in [0.1, 0.15) is 5.78 Å². The van der Waals surface area contributed by atoms with Gasteiger partial charge in [-0.05, 0) is 18.3 Å². The zero-order chi connectivity index (χ0) is 7.61. The summed E-state index contributed by atoms with van der Waals surface area (Å²) >= 11 is 0. The topological polar surface area (TPSA) is 17.1 Å². The van der Waals surface area contributed by atoms with Gasteiger partial charge in [-0.15, -0.1) is 0 Å². The molecular weight excluding hydrogens is 124 g/mol. The van der Waals surface area contributed by atoms with Gasteiger partial charge >= 0.3 is 0 Å². The summed E-state index contributed by atoms with van der Waals surface area (Å²) in [4.78, 5) is 11.0. The lowest BCUT2D eigenvalue weighted by Crippen LogP contribution is -2.06. The van der Waals surface area contributed by atoms with E-state index in [0.29, 0.717) is 11.2 Å². The van der Waals surface area contributed by atoms with Crippen LogP contribution >= 0.6 is 0 Å². The van der Waals surface area contributed by atoms with Gasteiger partial charge in [0.15, 0.2) is 0 Å². The number of Topliss-reactive ketones (excluding diaryl/α,β-unsaturated/α-hetero) is 1. The second-order valence-electron chi connectivity index (χ2n) is 3.42. The summed E-state index contributed by atoms with van der Waals surface area (Å²) in [6, 6.07) is 0. The minimum absolute atomic E-state index is 0.444. The van der Waals surface area contributed by atoms with Gasteiger partial charge in [-0.2, -0.15) is 0 Å². The predicted molar refractivity (Wildman–Crippen MR) is 41.9 cm³/mol. The average Bonchev–Trinajstić information content (AvgIpc) is 2.70. The molecule has 1 aliphatic carbocycles. The normalized spacial score (nSPS) is 20.6. The maximum absolute atomic E-state index is 11.0. The first-order chi connectivity index (χ1) is 4.72. The van der Waals surface area contributed by atoms with Gasteiger partial charge in [0.2, 0.25) is 0 Å². The molecule has 0 heterocycles. The Bertz CT molecular complexity index is 134. The highest BCUT2D eigenvalue weighted by Crippen LogP contribution is 2.51. The number of hydrogen-bond donors (Lipinski definition) is 0. The minimum atomic E-state index is 0.444. The van der Waals surface area contributed by atoms with Crippen LogP contribution < -0.4 is 0 Å². The van der Waals surface area contributed by atoms with Crippen LogP contribution in [0.3, 0.4) is 0 Å². The number of carbonyl (C=O) groups is 1. The molecule has 0 unspecified atom stereocenters. The van der Waals surface area contributed by atoms with Gasteiger partial charge in [-0.1, -0.05) is 20.3 Å². The van der Waals surface area contributed by atoms with Crippen LogP contribution in [0.1, 0.15) is 46.0 Å². The Morgan fingerprint density at radius 1 is 1.40 bits per heavy atom. The first-order valence-corrected chi connectivity index (χ1v) is 4.24. The van der Waals surface area contributed by atoms with Gasteiger partial charge < -0.3 is 0 Å². The van der Waals surface area contributed by atoms with E-state index in [0.717, 1.165) is 12.8 Å². The lowest BCUT2D eigenvalue weighted by atomic mass is 9.96. The molecule has 0 aromatic rings. The Morgan fingerprint density at radius 2 is 2.00 bits per heavy atom. The number of carbonyl (C=O) groups excluding carboxylic acids is 1. The molecule has 1 aliphatic rings. The fourth-order valence-electron chi connectivity index (χ4n) is 1.38. The lowest BCUT2D eigenvalue weighted by molar-refractivity contribution is -0.119. The molecule has 0 aliphatic heterocycles. The summed E-state index contributed by atoms with van der Waals surface area (Å²) < 4.78 is 0. The lowest BCUT2D eigenvalue weighted by Gasteiger charge is -2.08. The summed E-state index contributed by atoms with van der Waals surface area (Å²) in [5.74, 6) is 0.444. The maximum atomic E-state index is 11.0. The summed E-state index contributed by atoms with van der Waals surface area (Å²) in [6.07, 6.45) is 5.34. The van der Waals surface area contributed by atoms with Crippen molar-refractivity contribution in [3.63, 3.8) is 0 Å². The first-order valence-electron chi connectivity index (χ1n) is 4.24. The zero-order valence-electron chi connectivity index (χ0n) is 6.94. The van der Waals surface area contributed by atoms with Crippen molar-refractivity contribution in [3.05, 3.63) is 0 Å². The smallest absolute Gasteiger partial charge is 0.133 e. The fraction of sp³-hybridized carbons (Fsp3) is 0.889.